The summed E-state index contributed by atoms with van der Waals surface area (Å²) in [4.78, 5) is 12.3. The Morgan fingerprint density at radius 3 is 2.80 bits per heavy atom. The molecule has 1 aliphatic carbocycles. The number of amides is 1. The van der Waals surface area contributed by atoms with Crippen molar-refractivity contribution in [1.29, 1.82) is 0 Å². The number of carbonyl (C=O) groups excluding carboxylic acids is 1. The van der Waals surface area contributed by atoms with Gasteiger partial charge < -0.3 is 5.32 Å². The summed E-state index contributed by atoms with van der Waals surface area (Å²) in [6.45, 7) is 0. The summed E-state index contributed by atoms with van der Waals surface area (Å²) in [6.07, 6.45) is 5.34. The van der Waals surface area contributed by atoms with Gasteiger partial charge in [0.1, 0.15) is 5.82 Å². The highest BCUT2D eigenvalue weighted by Crippen LogP contribution is 2.39. The molecule has 20 heavy (non-hydrogen) atoms. The van der Waals surface area contributed by atoms with Gasteiger partial charge in [0.15, 0.2) is 0 Å². The summed E-state index contributed by atoms with van der Waals surface area (Å²) >= 11 is 1.25. The number of rotatable bonds is 3. The number of nitrogens with zero attached hydrogens (tertiary/aromatic N) is 1. The summed E-state index contributed by atoms with van der Waals surface area (Å²) in [5.41, 5.74) is 0.977. The molecule has 1 amide bonds. The largest absolute Gasteiger partial charge is 0.342 e. The highest BCUT2D eigenvalue weighted by molar-refractivity contribution is 7.03. The predicted molar refractivity (Wildman–Crippen MR) is 76.1 cm³/mol. The van der Waals surface area contributed by atoms with Crippen LogP contribution in [0.1, 0.15) is 41.6 Å². The van der Waals surface area contributed by atoms with E-state index in [2.05, 4.69) is 9.69 Å². The monoisotopic (exact) mass is 290 g/mol. The fourth-order valence-electron chi connectivity index (χ4n) is 2.86. The molecule has 0 unspecified atom stereocenters. The van der Waals surface area contributed by atoms with Gasteiger partial charge in [-0.25, -0.2) is 8.76 Å². The minimum Gasteiger partial charge on any atom is -0.342 e. The lowest BCUT2D eigenvalue weighted by atomic mass is 9.87. The summed E-state index contributed by atoms with van der Waals surface area (Å²) < 4.78 is 17.4. The average molecular weight is 290 g/mol. The van der Waals surface area contributed by atoms with Crippen LogP contribution in [0.2, 0.25) is 0 Å². The molecule has 3 rings (SSSR count). The maximum absolute atomic E-state index is 13.5. The molecule has 0 saturated heterocycles. The third-order valence-corrected chi connectivity index (χ3v) is 4.47. The first-order valence-electron chi connectivity index (χ1n) is 6.68. The first-order chi connectivity index (χ1) is 9.70. The van der Waals surface area contributed by atoms with Gasteiger partial charge in [0.2, 0.25) is 0 Å². The highest BCUT2D eigenvalue weighted by atomic mass is 32.1. The van der Waals surface area contributed by atoms with Crippen LogP contribution in [0.3, 0.4) is 0 Å². The SMILES string of the molecule is O=C(NC1(c2cccc(F)c2)CCCC1)c1cnsc1. The third-order valence-electron chi connectivity index (χ3n) is 3.88. The maximum Gasteiger partial charge on any atom is 0.254 e. The minimum atomic E-state index is -0.443. The lowest BCUT2D eigenvalue weighted by Crippen LogP contribution is -2.43. The third kappa shape index (κ3) is 2.45. The molecule has 5 heteroatoms. The second-order valence-corrected chi connectivity index (χ2v) is 5.82. The fraction of sp³-hybridized carbons (Fsp3) is 0.333. The molecule has 1 N–H and O–H groups in total. The van der Waals surface area contributed by atoms with Crippen molar-refractivity contribution in [3.05, 3.63) is 52.8 Å². The van der Waals surface area contributed by atoms with Gasteiger partial charge in [0.25, 0.3) is 5.91 Å². The zero-order chi connectivity index (χ0) is 14.0. The van der Waals surface area contributed by atoms with E-state index in [9.17, 15) is 9.18 Å². The summed E-state index contributed by atoms with van der Waals surface area (Å²) in [7, 11) is 0. The van der Waals surface area contributed by atoms with Crippen LogP contribution in [0.5, 0.6) is 0 Å². The maximum atomic E-state index is 13.5. The van der Waals surface area contributed by atoms with Gasteiger partial charge in [-0.05, 0) is 42.1 Å². The van der Waals surface area contributed by atoms with Crippen molar-refractivity contribution in [2.45, 2.75) is 31.2 Å². The molecule has 0 bridgehead atoms. The van der Waals surface area contributed by atoms with Crippen molar-refractivity contribution in [2.24, 2.45) is 0 Å². The summed E-state index contributed by atoms with van der Waals surface area (Å²) in [6, 6.07) is 6.54. The molecule has 1 aliphatic rings. The molecule has 104 valence electrons. The first-order valence-corrected chi connectivity index (χ1v) is 7.51. The normalized spacial score (nSPS) is 17.1. The molecule has 1 saturated carbocycles. The number of aromatic nitrogens is 1. The van der Waals surface area contributed by atoms with Crippen molar-refractivity contribution in [2.75, 3.05) is 0 Å². The number of hydrogen-bond acceptors (Lipinski definition) is 3. The van der Waals surface area contributed by atoms with E-state index in [1.807, 2.05) is 6.07 Å². The van der Waals surface area contributed by atoms with Crippen molar-refractivity contribution in [1.82, 2.24) is 9.69 Å². The van der Waals surface area contributed by atoms with Gasteiger partial charge in [0.05, 0.1) is 17.3 Å². The van der Waals surface area contributed by atoms with E-state index in [4.69, 9.17) is 0 Å². The Hall–Kier alpha value is -1.75. The van der Waals surface area contributed by atoms with Crippen LogP contribution in [-0.2, 0) is 5.54 Å². The Balaban J connectivity index is 1.90. The molecule has 0 aliphatic heterocycles. The zero-order valence-electron chi connectivity index (χ0n) is 10.9. The molecular weight excluding hydrogens is 275 g/mol. The highest BCUT2D eigenvalue weighted by Gasteiger charge is 2.37. The summed E-state index contributed by atoms with van der Waals surface area (Å²) in [5.74, 6) is -0.398. The van der Waals surface area contributed by atoms with Crippen molar-refractivity contribution in [3.63, 3.8) is 0 Å². The molecule has 1 aromatic heterocycles. The van der Waals surface area contributed by atoms with Crippen LogP contribution < -0.4 is 5.32 Å². The molecule has 3 nitrogen and oxygen atoms in total. The Bertz CT molecular complexity index is 606. The van der Waals surface area contributed by atoms with E-state index in [1.54, 1.807) is 17.6 Å². The smallest absolute Gasteiger partial charge is 0.254 e. The molecule has 1 aromatic carbocycles. The van der Waals surface area contributed by atoms with Crippen LogP contribution in [0.25, 0.3) is 0 Å². The Morgan fingerprint density at radius 2 is 2.15 bits per heavy atom. The first kappa shape index (κ1) is 13.2. The van der Waals surface area contributed by atoms with Crippen LogP contribution in [0, 0.1) is 5.82 Å². The Kier molecular flexibility index (Phi) is 3.53. The number of halogens is 1. The van der Waals surface area contributed by atoms with Crippen molar-refractivity contribution in [3.8, 4) is 0 Å². The number of nitrogens with one attached hydrogen (secondary N) is 1. The van der Waals surface area contributed by atoms with E-state index >= 15 is 0 Å². The van der Waals surface area contributed by atoms with Crippen LogP contribution >= 0.6 is 11.5 Å². The van der Waals surface area contributed by atoms with Crippen molar-refractivity contribution < 1.29 is 9.18 Å². The van der Waals surface area contributed by atoms with Gasteiger partial charge in [0, 0.05) is 5.38 Å². The van der Waals surface area contributed by atoms with Crippen LogP contribution in [-0.4, -0.2) is 10.3 Å². The van der Waals surface area contributed by atoms with Gasteiger partial charge >= 0.3 is 0 Å². The average Bonchev–Trinajstić information content (AvgIpc) is 3.10. The standard InChI is InChI=1S/C15H15FN2OS/c16-13-5-3-4-12(8-13)15(6-1-2-7-15)18-14(19)11-9-17-20-10-11/h3-5,8-10H,1-2,6-7H2,(H,18,19). The Morgan fingerprint density at radius 1 is 1.35 bits per heavy atom. The van der Waals surface area contributed by atoms with Gasteiger partial charge in [-0.3, -0.25) is 4.79 Å². The molecule has 0 atom stereocenters. The molecule has 1 fully saturated rings. The lowest BCUT2D eigenvalue weighted by molar-refractivity contribution is 0.0898. The predicted octanol–water partition coefficient (Wildman–Crippen LogP) is 3.48. The number of benzene rings is 1. The molecule has 0 radical (unpaired) electrons. The van der Waals surface area contributed by atoms with Crippen LogP contribution in [0.15, 0.2) is 35.8 Å². The second kappa shape index (κ2) is 5.32. The molecule has 1 heterocycles. The zero-order valence-corrected chi connectivity index (χ0v) is 11.8. The molecular formula is C15H15FN2OS. The minimum absolute atomic E-state index is 0.134. The topological polar surface area (TPSA) is 42.0 Å². The van der Waals surface area contributed by atoms with E-state index in [-0.39, 0.29) is 11.7 Å². The lowest BCUT2D eigenvalue weighted by Gasteiger charge is -2.31. The van der Waals surface area contributed by atoms with Crippen LogP contribution in [0.4, 0.5) is 4.39 Å². The Labute approximate surface area is 121 Å². The van der Waals surface area contributed by atoms with Gasteiger partial charge in [-0.2, -0.15) is 0 Å². The van der Waals surface area contributed by atoms with E-state index in [0.29, 0.717) is 5.56 Å². The second-order valence-electron chi connectivity index (χ2n) is 5.17. The van der Waals surface area contributed by atoms with Gasteiger partial charge in [-0.15, -0.1) is 0 Å². The van der Waals surface area contributed by atoms with Crippen molar-refractivity contribution >= 4 is 17.4 Å². The number of hydrogen-bond donors (Lipinski definition) is 1. The number of carbonyl (C=O) groups is 1. The molecule has 2 aromatic rings. The summed E-state index contributed by atoms with van der Waals surface area (Å²) in [5, 5.41) is 4.83. The molecule has 0 spiro atoms. The van der Waals surface area contributed by atoms with E-state index in [0.717, 1.165) is 31.2 Å². The van der Waals surface area contributed by atoms with E-state index < -0.39 is 5.54 Å². The van der Waals surface area contributed by atoms with Gasteiger partial charge in [-0.1, -0.05) is 25.0 Å². The fourth-order valence-corrected chi connectivity index (χ4v) is 3.37. The quantitative estimate of drug-likeness (QED) is 0.940. The van der Waals surface area contributed by atoms with E-state index in [1.165, 1.54) is 23.7 Å².